The molecule has 0 spiro atoms. The topological polar surface area (TPSA) is 104 Å². The minimum Gasteiger partial charge on any atom is -0.490 e. The van der Waals surface area contributed by atoms with Crippen LogP contribution in [0.2, 0.25) is 0 Å². The summed E-state index contributed by atoms with van der Waals surface area (Å²) in [5.41, 5.74) is 2.53. The molecule has 4 rings (SSSR count). The van der Waals surface area contributed by atoms with Crippen LogP contribution in [0.1, 0.15) is 66.3 Å². The van der Waals surface area contributed by atoms with Gasteiger partial charge in [0, 0.05) is 55.8 Å². The van der Waals surface area contributed by atoms with Gasteiger partial charge in [-0.15, -0.1) is 0 Å². The molecule has 0 aliphatic carbocycles. The number of carbonyl (C=O) groups excluding carboxylic acids is 2. The SMILES string of the molecule is C[C@@H]1CCCCO[C@@H](CN(C)Cc2ccncc2)[C@@H](C)CN([C@@H](C)CO)C(=O)c2cc(NC(=O)c3ccccc3)ccc2O1. The number of anilines is 1. The standard InChI is InChI=1S/C35H46N4O5/c1-25-21-39(26(2)24-40)35(42)31-20-30(37-34(41)29-11-6-5-7-12-29)13-14-32(31)44-27(3)10-8-9-19-43-33(25)23-38(4)22-28-15-17-36-18-16-28/h5-7,11-18,20,25-27,33,40H,8-10,19,21-24H2,1-4H3,(H,37,41)/t25-,26-,27+,33-/m0/s1. The molecule has 4 atom stereocenters. The lowest BCUT2D eigenvalue weighted by Crippen LogP contribution is -2.47. The van der Waals surface area contributed by atoms with E-state index < -0.39 is 6.04 Å². The van der Waals surface area contributed by atoms with Crippen molar-refractivity contribution < 1.29 is 24.2 Å². The Bertz CT molecular complexity index is 1340. The van der Waals surface area contributed by atoms with Gasteiger partial charge in [-0.25, -0.2) is 0 Å². The molecular formula is C35H46N4O5. The molecule has 2 N–H and O–H groups in total. The zero-order valence-corrected chi connectivity index (χ0v) is 26.3. The van der Waals surface area contributed by atoms with Crippen LogP contribution >= 0.6 is 0 Å². The van der Waals surface area contributed by atoms with Crippen LogP contribution in [0.25, 0.3) is 0 Å². The van der Waals surface area contributed by atoms with Crippen molar-refractivity contribution in [2.75, 3.05) is 38.7 Å². The first-order valence-electron chi connectivity index (χ1n) is 15.5. The van der Waals surface area contributed by atoms with E-state index >= 15 is 0 Å². The number of aliphatic hydroxyl groups is 1. The van der Waals surface area contributed by atoms with Crippen LogP contribution in [0, 0.1) is 5.92 Å². The van der Waals surface area contributed by atoms with Gasteiger partial charge in [-0.2, -0.15) is 0 Å². The summed E-state index contributed by atoms with van der Waals surface area (Å²) in [6, 6.07) is 17.7. The smallest absolute Gasteiger partial charge is 0.258 e. The van der Waals surface area contributed by atoms with Gasteiger partial charge in [0.15, 0.2) is 0 Å². The van der Waals surface area contributed by atoms with Gasteiger partial charge in [-0.1, -0.05) is 25.1 Å². The van der Waals surface area contributed by atoms with Crippen LogP contribution < -0.4 is 10.1 Å². The van der Waals surface area contributed by atoms with Crippen molar-refractivity contribution in [2.45, 2.75) is 64.8 Å². The molecule has 236 valence electrons. The van der Waals surface area contributed by atoms with Gasteiger partial charge in [0.2, 0.25) is 0 Å². The number of hydrogen-bond donors (Lipinski definition) is 2. The highest BCUT2D eigenvalue weighted by molar-refractivity contribution is 6.05. The van der Waals surface area contributed by atoms with Crippen LogP contribution in [-0.2, 0) is 11.3 Å². The van der Waals surface area contributed by atoms with Gasteiger partial charge in [0.05, 0.1) is 30.4 Å². The fourth-order valence-corrected chi connectivity index (χ4v) is 5.43. The van der Waals surface area contributed by atoms with Crippen LogP contribution in [0.4, 0.5) is 5.69 Å². The monoisotopic (exact) mass is 602 g/mol. The third-order valence-corrected chi connectivity index (χ3v) is 8.04. The number of aliphatic hydroxyl groups excluding tert-OH is 1. The van der Waals surface area contributed by atoms with E-state index in [0.29, 0.717) is 42.3 Å². The molecule has 1 aromatic heterocycles. The number of benzene rings is 2. The largest absolute Gasteiger partial charge is 0.490 e. The fraction of sp³-hybridized carbons (Fsp3) is 0.457. The number of amides is 2. The molecule has 1 aliphatic heterocycles. The Balaban J connectivity index is 1.61. The van der Waals surface area contributed by atoms with Gasteiger partial charge in [0.1, 0.15) is 5.75 Å². The molecule has 0 bridgehead atoms. The van der Waals surface area contributed by atoms with E-state index in [-0.39, 0.29) is 36.5 Å². The molecule has 0 saturated heterocycles. The molecule has 0 radical (unpaired) electrons. The van der Waals surface area contributed by atoms with Crippen LogP contribution in [0.3, 0.4) is 0 Å². The van der Waals surface area contributed by atoms with Crippen molar-refractivity contribution in [3.8, 4) is 5.75 Å². The van der Waals surface area contributed by atoms with Crippen molar-refractivity contribution in [1.29, 1.82) is 0 Å². The van der Waals surface area contributed by atoms with Crippen molar-refractivity contribution in [1.82, 2.24) is 14.8 Å². The van der Waals surface area contributed by atoms with Crippen LogP contribution in [-0.4, -0.2) is 83.3 Å². The molecule has 0 saturated carbocycles. The number of nitrogens with zero attached hydrogens (tertiary/aromatic N) is 3. The zero-order chi connectivity index (χ0) is 31.5. The molecule has 1 aliphatic rings. The average molecular weight is 603 g/mol. The van der Waals surface area contributed by atoms with E-state index in [1.54, 1.807) is 59.8 Å². The van der Waals surface area contributed by atoms with Crippen LogP contribution in [0.5, 0.6) is 5.75 Å². The highest BCUT2D eigenvalue weighted by atomic mass is 16.5. The Morgan fingerprint density at radius 2 is 1.86 bits per heavy atom. The van der Waals surface area contributed by atoms with Crippen molar-refractivity contribution in [3.05, 3.63) is 89.7 Å². The van der Waals surface area contributed by atoms with Crippen molar-refractivity contribution >= 4 is 17.5 Å². The molecule has 9 nitrogen and oxygen atoms in total. The first-order valence-corrected chi connectivity index (χ1v) is 15.5. The van der Waals surface area contributed by atoms with Gasteiger partial charge < -0.3 is 24.8 Å². The summed E-state index contributed by atoms with van der Waals surface area (Å²) in [4.78, 5) is 35.3. The third-order valence-electron chi connectivity index (χ3n) is 8.04. The molecule has 2 amide bonds. The van der Waals surface area contributed by atoms with Crippen molar-refractivity contribution in [2.24, 2.45) is 5.92 Å². The highest BCUT2D eigenvalue weighted by Crippen LogP contribution is 2.29. The van der Waals surface area contributed by atoms with Crippen LogP contribution in [0.15, 0.2) is 73.1 Å². The first-order chi connectivity index (χ1) is 21.2. The number of nitrogens with one attached hydrogen (secondary N) is 1. The first kappa shape index (κ1) is 33.1. The lowest BCUT2D eigenvalue weighted by molar-refractivity contribution is -0.0177. The summed E-state index contributed by atoms with van der Waals surface area (Å²) in [6.07, 6.45) is 5.97. The number of hydrogen-bond acceptors (Lipinski definition) is 7. The molecular weight excluding hydrogens is 556 g/mol. The van der Waals surface area contributed by atoms with E-state index in [4.69, 9.17) is 9.47 Å². The van der Waals surface area contributed by atoms with E-state index in [2.05, 4.69) is 29.2 Å². The number of ether oxygens (including phenoxy) is 2. The minimum atomic E-state index is -0.444. The lowest BCUT2D eigenvalue weighted by Gasteiger charge is -2.36. The lowest BCUT2D eigenvalue weighted by atomic mass is 10.0. The second-order valence-electron chi connectivity index (χ2n) is 11.9. The quantitative estimate of drug-likeness (QED) is 0.363. The van der Waals surface area contributed by atoms with E-state index in [1.165, 1.54) is 5.56 Å². The Kier molecular flexibility index (Phi) is 12.3. The Labute approximate surface area is 261 Å². The van der Waals surface area contributed by atoms with Crippen molar-refractivity contribution in [3.63, 3.8) is 0 Å². The molecule has 3 aromatic rings. The average Bonchev–Trinajstić information content (AvgIpc) is 3.03. The molecule has 44 heavy (non-hydrogen) atoms. The fourth-order valence-electron chi connectivity index (χ4n) is 5.43. The summed E-state index contributed by atoms with van der Waals surface area (Å²) in [7, 11) is 2.07. The Morgan fingerprint density at radius 1 is 1.11 bits per heavy atom. The molecule has 2 heterocycles. The van der Waals surface area contributed by atoms with E-state index in [0.717, 1.165) is 25.8 Å². The normalized spacial score (nSPS) is 20.7. The maximum absolute atomic E-state index is 14.3. The number of fused-ring (bicyclic) bond motifs is 1. The molecule has 0 fully saturated rings. The van der Waals surface area contributed by atoms with Gasteiger partial charge >= 0.3 is 0 Å². The van der Waals surface area contributed by atoms with Gasteiger partial charge in [-0.3, -0.25) is 19.5 Å². The summed E-state index contributed by atoms with van der Waals surface area (Å²) in [5.74, 6) is -0.0967. The second-order valence-corrected chi connectivity index (χ2v) is 11.9. The predicted molar refractivity (Wildman–Crippen MR) is 172 cm³/mol. The zero-order valence-electron chi connectivity index (χ0n) is 26.3. The Morgan fingerprint density at radius 3 is 2.59 bits per heavy atom. The maximum atomic E-state index is 14.3. The minimum absolute atomic E-state index is 0.0277. The van der Waals surface area contributed by atoms with E-state index in [1.807, 2.05) is 32.0 Å². The van der Waals surface area contributed by atoms with Gasteiger partial charge in [0.25, 0.3) is 11.8 Å². The number of likely N-dealkylation sites (N-methyl/N-ethyl adjacent to an activating group) is 1. The highest BCUT2D eigenvalue weighted by Gasteiger charge is 2.30. The Hall–Kier alpha value is -3.79. The second kappa shape index (κ2) is 16.3. The number of aromatic nitrogens is 1. The predicted octanol–water partition coefficient (Wildman–Crippen LogP) is 5.26. The summed E-state index contributed by atoms with van der Waals surface area (Å²) in [5, 5.41) is 13.1. The number of carbonyl (C=O) groups is 2. The molecule has 9 heteroatoms. The summed E-state index contributed by atoms with van der Waals surface area (Å²) in [6.45, 7) is 8.18. The molecule has 2 aromatic carbocycles. The summed E-state index contributed by atoms with van der Waals surface area (Å²) >= 11 is 0. The number of pyridine rings is 1. The maximum Gasteiger partial charge on any atom is 0.258 e. The molecule has 0 unspecified atom stereocenters. The summed E-state index contributed by atoms with van der Waals surface area (Å²) < 4.78 is 12.8. The number of rotatable bonds is 8. The van der Waals surface area contributed by atoms with Gasteiger partial charge in [-0.05, 0) is 88.2 Å². The van der Waals surface area contributed by atoms with E-state index in [9.17, 15) is 14.7 Å². The third kappa shape index (κ3) is 9.35.